The van der Waals surface area contributed by atoms with Gasteiger partial charge in [0.1, 0.15) is 11.3 Å². The molecule has 1 fully saturated rings. The number of oxazole rings is 1. The molecule has 1 N–H and O–H groups in total. The Balaban J connectivity index is 1.55. The summed E-state index contributed by atoms with van der Waals surface area (Å²) in [5.41, 5.74) is 1.68. The van der Waals surface area contributed by atoms with E-state index in [-0.39, 0.29) is 0 Å². The van der Waals surface area contributed by atoms with Gasteiger partial charge in [-0.05, 0) is 37.9 Å². The summed E-state index contributed by atoms with van der Waals surface area (Å²) in [6, 6.07) is 6.43. The average molecular weight is 260 g/mol. The summed E-state index contributed by atoms with van der Waals surface area (Å²) in [5, 5.41) is 3.53. The van der Waals surface area contributed by atoms with Gasteiger partial charge >= 0.3 is 0 Å². The molecule has 1 atom stereocenters. The van der Waals surface area contributed by atoms with Crippen molar-refractivity contribution >= 4 is 11.1 Å². The van der Waals surface area contributed by atoms with Gasteiger partial charge in [0.25, 0.3) is 0 Å². The van der Waals surface area contributed by atoms with Gasteiger partial charge in [0, 0.05) is 19.0 Å². The molecular weight excluding hydrogens is 240 g/mol. The quantitative estimate of drug-likeness (QED) is 0.917. The van der Waals surface area contributed by atoms with Crippen LogP contribution in [0.4, 0.5) is 0 Å². The van der Waals surface area contributed by atoms with Crippen molar-refractivity contribution in [2.75, 3.05) is 13.2 Å². The van der Waals surface area contributed by atoms with Gasteiger partial charge in [-0.2, -0.15) is 0 Å². The molecule has 2 heterocycles. The Hall–Kier alpha value is -1.55. The van der Waals surface area contributed by atoms with E-state index in [1.54, 1.807) is 0 Å². The second-order valence-electron chi connectivity index (χ2n) is 5.15. The molecule has 1 aliphatic heterocycles. The highest BCUT2D eigenvalue weighted by Crippen LogP contribution is 2.21. The van der Waals surface area contributed by atoms with Gasteiger partial charge < -0.3 is 14.5 Å². The fourth-order valence-electron chi connectivity index (χ4n) is 2.60. The zero-order valence-electron chi connectivity index (χ0n) is 11.3. The Morgan fingerprint density at radius 1 is 1.42 bits per heavy atom. The Labute approximate surface area is 113 Å². The van der Waals surface area contributed by atoms with E-state index in [1.807, 2.05) is 25.1 Å². The lowest BCUT2D eigenvalue weighted by Crippen LogP contribution is -2.35. The number of aryl methyl sites for hydroxylation is 1. The highest BCUT2D eigenvalue weighted by Gasteiger charge is 2.12. The van der Waals surface area contributed by atoms with Gasteiger partial charge in [0.15, 0.2) is 11.5 Å². The molecule has 0 bridgehead atoms. The van der Waals surface area contributed by atoms with Crippen LogP contribution in [0.1, 0.15) is 31.6 Å². The molecule has 4 nitrogen and oxygen atoms in total. The monoisotopic (exact) mass is 260 g/mol. The zero-order valence-corrected chi connectivity index (χ0v) is 11.3. The van der Waals surface area contributed by atoms with Gasteiger partial charge in [-0.15, -0.1) is 0 Å². The summed E-state index contributed by atoms with van der Waals surface area (Å²) in [4.78, 5) is 4.31. The first kappa shape index (κ1) is 12.5. The van der Waals surface area contributed by atoms with Crippen LogP contribution in [0.5, 0.6) is 5.75 Å². The van der Waals surface area contributed by atoms with E-state index in [1.165, 1.54) is 19.3 Å². The van der Waals surface area contributed by atoms with Crippen LogP contribution in [0.3, 0.4) is 0 Å². The smallest absolute Gasteiger partial charge is 0.192 e. The van der Waals surface area contributed by atoms with Gasteiger partial charge in [-0.25, -0.2) is 4.98 Å². The van der Waals surface area contributed by atoms with Gasteiger partial charge in [0.05, 0.1) is 6.61 Å². The van der Waals surface area contributed by atoms with Crippen molar-refractivity contribution in [3.05, 3.63) is 24.1 Å². The molecule has 0 amide bonds. The molecule has 19 heavy (non-hydrogen) atoms. The highest BCUT2D eigenvalue weighted by molar-refractivity contribution is 5.74. The number of nitrogens with zero attached hydrogens (tertiary/aromatic N) is 1. The Bertz CT molecular complexity index is 544. The van der Waals surface area contributed by atoms with Crippen molar-refractivity contribution in [1.29, 1.82) is 0 Å². The summed E-state index contributed by atoms with van der Waals surface area (Å²) in [6.45, 7) is 3.75. The third-order valence-corrected chi connectivity index (χ3v) is 3.61. The summed E-state index contributed by atoms with van der Waals surface area (Å²) in [7, 11) is 0. The van der Waals surface area contributed by atoms with Crippen LogP contribution in [-0.2, 0) is 0 Å². The molecule has 1 aliphatic rings. The van der Waals surface area contributed by atoms with Crippen LogP contribution in [0.25, 0.3) is 11.1 Å². The number of aromatic nitrogens is 1. The molecule has 1 aromatic carbocycles. The zero-order chi connectivity index (χ0) is 13.1. The van der Waals surface area contributed by atoms with Crippen LogP contribution in [0, 0.1) is 6.92 Å². The minimum absolute atomic E-state index is 0.617. The van der Waals surface area contributed by atoms with Crippen molar-refractivity contribution in [1.82, 2.24) is 10.3 Å². The maximum atomic E-state index is 5.80. The van der Waals surface area contributed by atoms with Crippen molar-refractivity contribution in [3.8, 4) is 5.75 Å². The van der Waals surface area contributed by atoms with Crippen molar-refractivity contribution in [2.45, 2.75) is 38.6 Å². The number of piperidine rings is 1. The number of fused-ring (bicyclic) bond motifs is 1. The minimum Gasteiger partial charge on any atom is -0.493 e. The van der Waals surface area contributed by atoms with E-state index in [4.69, 9.17) is 9.15 Å². The molecule has 0 radical (unpaired) electrons. The average Bonchev–Trinajstić information content (AvgIpc) is 2.79. The number of benzene rings is 1. The maximum Gasteiger partial charge on any atom is 0.192 e. The third-order valence-electron chi connectivity index (χ3n) is 3.61. The lowest BCUT2D eigenvalue weighted by atomic mass is 10.0. The van der Waals surface area contributed by atoms with Crippen LogP contribution < -0.4 is 10.1 Å². The lowest BCUT2D eigenvalue weighted by molar-refractivity contribution is 0.268. The number of ether oxygens (including phenoxy) is 1. The molecule has 0 saturated carbocycles. The molecule has 0 spiro atoms. The molecular formula is C15H20N2O2. The van der Waals surface area contributed by atoms with Gasteiger partial charge in [-0.1, -0.05) is 6.42 Å². The molecule has 102 valence electrons. The Morgan fingerprint density at radius 2 is 2.37 bits per heavy atom. The van der Waals surface area contributed by atoms with E-state index >= 15 is 0 Å². The predicted octanol–water partition coefficient (Wildman–Crippen LogP) is 3.05. The molecule has 1 unspecified atom stereocenters. The second kappa shape index (κ2) is 5.61. The first-order chi connectivity index (χ1) is 9.31. The van der Waals surface area contributed by atoms with Crippen molar-refractivity contribution in [3.63, 3.8) is 0 Å². The van der Waals surface area contributed by atoms with Crippen molar-refractivity contribution in [2.24, 2.45) is 0 Å². The van der Waals surface area contributed by atoms with Crippen LogP contribution in [0.15, 0.2) is 22.6 Å². The van der Waals surface area contributed by atoms with E-state index in [9.17, 15) is 0 Å². The maximum absolute atomic E-state index is 5.80. The number of nitrogens with one attached hydrogen (secondary N) is 1. The molecule has 3 rings (SSSR count). The molecule has 4 heteroatoms. The van der Waals surface area contributed by atoms with Crippen LogP contribution in [0.2, 0.25) is 0 Å². The molecule has 1 aromatic heterocycles. The Morgan fingerprint density at radius 3 is 3.21 bits per heavy atom. The summed E-state index contributed by atoms with van der Waals surface area (Å²) < 4.78 is 11.3. The van der Waals surface area contributed by atoms with E-state index in [0.717, 1.165) is 36.4 Å². The first-order valence-electron chi connectivity index (χ1n) is 7.05. The topological polar surface area (TPSA) is 47.3 Å². The lowest BCUT2D eigenvalue weighted by Gasteiger charge is -2.23. The van der Waals surface area contributed by atoms with Gasteiger partial charge in [0.2, 0.25) is 0 Å². The number of hydrogen-bond acceptors (Lipinski definition) is 4. The standard InChI is InChI=1S/C15H20N2O2/c1-11-17-14-10-13(5-6-15(14)19-11)18-9-7-12-4-2-3-8-16-12/h5-6,10,12,16H,2-4,7-9H2,1H3. The first-order valence-corrected chi connectivity index (χ1v) is 7.05. The van der Waals surface area contributed by atoms with Crippen LogP contribution in [-0.4, -0.2) is 24.2 Å². The van der Waals surface area contributed by atoms with Gasteiger partial charge in [-0.3, -0.25) is 0 Å². The summed E-state index contributed by atoms with van der Waals surface area (Å²) in [6.07, 6.45) is 4.97. The number of rotatable bonds is 4. The molecule has 1 saturated heterocycles. The molecule has 0 aliphatic carbocycles. The second-order valence-corrected chi connectivity index (χ2v) is 5.15. The summed E-state index contributed by atoms with van der Waals surface area (Å²) >= 11 is 0. The van der Waals surface area contributed by atoms with E-state index in [2.05, 4.69) is 10.3 Å². The fourth-order valence-corrected chi connectivity index (χ4v) is 2.60. The largest absolute Gasteiger partial charge is 0.493 e. The minimum atomic E-state index is 0.617. The highest BCUT2D eigenvalue weighted by atomic mass is 16.5. The van der Waals surface area contributed by atoms with E-state index in [0.29, 0.717) is 11.9 Å². The normalized spacial score (nSPS) is 19.7. The van der Waals surface area contributed by atoms with E-state index < -0.39 is 0 Å². The van der Waals surface area contributed by atoms with Crippen molar-refractivity contribution < 1.29 is 9.15 Å². The Kier molecular flexibility index (Phi) is 3.69. The van der Waals surface area contributed by atoms with Crippen LogP contribution >= 0.6 is 0 Å². The third kappa shape index (κ3) is 3.07. The fraction of sp³-hybridized carbons (Fsp3) is 0.533. The molecule has 2 aromatic rings. The summed E-state index contributed by atoms with van der Waals surface area (Å²) in [5.74, 6) is 1.56. The SMILES string of the molecule is Cc1nc2cc(OCCC3CCCCN3)ccc2o1. The number of hydrogen-bond donors (Lipinski definition) is 1. The predicted molar refractivity (Wildman–Crippen MR) is 74.5 cm³/mol.